The molecule has 0 radical (unpaired) electrons. The van der Waals surface area contributed by atoms with Crippen molar-refractivity contribution in [1.29, 1.82) is 0 Å². The van der Waals surface area contributed by atoms with Gasteiger partial charge in [-0.3, -0.25) is 4.79 Å². The van der Waals surface area contributed by atoms with Gasteiger partial charge >= 0.3 is 0 Å². The van der Waals surface area contributed by atoms with Gasteiger partial charge in [0.2, 0.25) is 0 Å². The fourth-order valence-electron chi connectivity index (χ4n) is 4.21. The zero-order chi connectivity index (χ0) is 16.8. The predicted molar refractivity (Wildman–Crippen MR) is 92.9 cm³/mol. The molecule has 5 heteroatoms. The van der Waals surface area contributed by atoms with Crippen LogP contribution in [0.25, 0.3) is 0 Å². The number of carbonyl (C=O) groups excluding carboxylic acids is 1. The van der Waals surface area contributed by atoms with Crippen molar-refractivity contribution in [1.82, 2.24) is 4.98 Å². The predicted octanol–water partition coefficient (Wildman–Crippen LogP) is 5.58. The van der Waals surface area contributed by atoms with E-state index in [2.05, 4.69) is 10.3 Å². The highest BCUT2D eigenvalue weighted by molar-refractivity contribution is 6.30. The van der Waals surface area contributed by atoms with Gasteiger partial charge in [0.25, 0.3) is 0 Å². The molecule has 0 spiro atoms. The number of hydrogen-bond acceptors (Lipinski definition) is 3. The van der Waals surface area contributed by atoms with E-state index in [1.807, 2.05) is 0 Å². The van der Waals surface area contributed by atoms with Gasteiger partial charge < -0.3 is 5.32 Å². The number of hydrogen-bond donors (Lipinski definition) is 1. The Balaban J connectivity index is 1.82. The summed E-state index contributed by atoms with van der Waals surface area (Å²) >= 11 is 5.94. The van der Waals surface area contributed by atoms with Crippen LogP contribution in [-0.4, -0.2) is 10.8 Å². The summed E-state index contributed by atoms with van der Waals surface area (Å²) in [4.78, 5) is 16.5. The zero-order valence-corrected chi connectivity index (χ0v) is 14.2. The molecule has 1 aromatic carbocycles. The van der Waals surface area contributed by atoms with Crippen LogP contribution in [0.4, 0.5) is 15.9 Å². The van der Waals surface area contributed by atoms with Crippen LogP contribution < -0.4 is 5.32 Å². The summed E-state index contributed by atoms with van der Waals surface area (Å²) in [6.45, 7) is 1.60. The molecule has 1 fully saturated rings. The average Bonchev–Trinajstić information content (AvgIpc) is 2.54. The van der Waals surface area contributed by atoms with Crippen LogP contribution >= 0.6 is 11.6 Å². The normalized spacial score (nSPS) is 21.5. The number of benzene rings is 1. The van der Waals surface area contributed by atoms with E-state index in [-0.39, 0.29) is 11.6 Å². The van der Waals surface area contributed by atoms with E-state index in [1.54, 1.807) is 19.2 Å². The first-order chi connectivity index (χ1) is 11.5. The third-order valence-corrected chi connectivity index (χ3v) is 5.42. The molecule has 2 bridgehead atoms. The molecule has 0 saturated heterocycles. The van der Waals surface area contributed by atoms with Gasteiger partial charge in [0.1, 0.15) is 11.6 Å². The second-order valence-electron chi connectivity index (χ2n) is 6.74. The Hall–Kier alpha value is -1.94. The molecule has 0 amide bonds. The Bertz CT molecular complexity index is 808. The molecule has 1 aromatic heterocycles. The molecular formula is C19H18ClFN2O. The van der Waals surface area contributed by atoms with Gasteiger partial charge in [-0.05, 0) is 68.2 Å². The van der Waals surface area contributed by atoms with Crippen molar-refractivity contribution < 1.29 is 9.18 Å². The lowest BCUT2D eigenvalue weighted by Gasteiger charge is -2.40. The molecule has 1 saturated carbocycles. The first-order valence-electron chi connectivity index (χ1n) is 8.29. The summed E-state index contributed by atoms with van der Waals surface area (Å²) in [5.74, 6) is 1.25. The second-order valence-corrected chi connectivity index (χ2v) is 7.17. The number of aromatic nitrogens is 1. The first kappa shape index (κ1) is 15.6. The molecule has 3 aliphatic rings. The number of rotatable bonds is 3. The van der Waals surface area contributed by atoms with Crippen LogP contribution in [0.3, 0.4) is 0 Å². The van der Waals surface area contributed by atoms with E-state index in [9.17, 15) is 9.18 Å². The monoisotopic (exact) mass is 344 g/mol. The van der Waals surface area contributed by atoms with Crippen LogP contribution in [0, 0.1) is 5.82 Å². The van der Waals surface area contributed by atoms with E-state index in [0.29, 0.717) is 22.5 Å². The molecule has 2 aromatic rings. The summed E-state index contributed by atoms with van der Waals surface area (Å²) in [6, 6.07) is 4.36. The maximum absolute atomic E-state index is 13.6. The molecule has 1 N–H and O–H groups in total. The Morgan fingerprint density at radius 2 is 1.83 bits per heavy atom. The topological polar surface area (TPSA) is 42.0 Å². The number of ketones is 1. The van der Waals surface area contributed by atoms with Crippen molar-refractivity contribution in [2.75, 3.05) is 5.32 Å². The van der Waals surface area contributed by atoms with E-state index >= 15 is 0 Å². The first-order valence-corrected chi connectivity index (χ1v) is 8.67. The van der Waals surface area contributed by atoms with Crippen molar-refractivity contribution in [3.8, 4) is 0 Å². The summed E-state index contributed by atoms with van der Waals surface area (Å²) in [6.07, 6.45) is 6.17. The van der Waals surface area contributed by atoms with Gasteiger partial charge in [-0.25, -0.2) is 9.37 Å². The Labute approximate surface area is 145 Å². The summed E-state index contributed by atoms with van der Waals surface area (Å²) in [5.41, 5.74) is 3.62. The zero-order valence-electron chi connectivity index (χ0n) is 13.4. The minimum absolute atomic E-state index is 0.0617. The summed E-state index contributed by atoms with van der Waals surface area (Å²) in [5, 5.41) is 3.56. The van der Waals surface area contributed by atoms with Crippen molar-refractivity contribution >= 4 is 28.9 Å². The van der Waals surface area contributed by atoms with Crippen LogP contribution in [0.1, 0.15) is 65.9 Å². The molecule has 0 aliphatic heterocycles. The molecule has 5 rings (SSSR count). The SMILES string of the molecule is CC(=O)c1cnc(Nc2cc(F)cc(Cl)c2)c2c1C1CCC2CC1. The van der Waals surface area contributed by atoms with Crippen LogP contribution in [0.5, 0.6) is 0 Å². The summed E-state index contributed by atoms with van der Waals surface area (Å²) in [7, 11) is 0. The fraction of sp³-hybridized carbons (Fsp3) is 0.368. The van der Waals surface area contributed by atoms with Gasteiger partial charge in [-0.2, -0.15) is 0 Å². The van der Waals surface area contributed by atoms with E-state index < -0.39 is 0 Å². The average molecular weight is 345 g/mol. The lowest BCUT2D eigenvalue weighted by atomic mass is 9.66. The number of halogens is 2. The second kappa shape index (κ2) is 5.85. The van der Waals surface area contributed by atoms with Gasteiger partial charge in [-0.15, -0.1) is 0 Å². The molecule has 24 heavy (non-hydrogen) atoms. The lowest BCUT2D eigenvalue weighted by Crippen LogP contribution is -2.26. The maximum Gasteiger partial charge on any atom is 0.161 e. The Kier molecular flexibility index (Phi) is 3.80. The number of anilines is 2. The molecule has 3 nitrogen and oxygen atoms in total. The van der Waals surface area contributed by atoms with Crippen LogP contribution in [0.15, 0.2) is 24.4 Å². The van der Waals surface area contributed by atoms with E-state index in [1.165, 1.54) is 12.1 Å². The number of fused-ring (bicyclic) bond motifs is 2. The van der Waals surface area contributed by atoms with Gasteiger partial charge in [-0.1, -0.05) is 11.6 Å². The van der Waals surface area contributed by atoms with Crippen molar-refractivity contribution in [3.05, 3.63) is 51.9 Å². The minimum atomic E-state index is -0.388. The highest BCUT2D eigenvalue weighted by atomic mass is 35.5. The number of carbonyl (C=O) groups is 1. The maximum atomic E-state index is 13.6. The van der Waals surface area contributed by atoms with Gasteiger partial charge in [0, 0.05) is 28.0 Å². The number of pyridine rings is 1. The number of nitrogens with zero attached hydrogens (tertiary/aromatic N) is 1. The third-order valence-electron chi connectivity index (χ3n) is 5.21. The minimum Gasteiger partial charge on any atom is -0.340 e. The largest absolute Gasteiger partial charge is 0.340 e. The molecule has 0 unspecified atom stereocenters. The van der Waals surface area contributed by atoms with Crippen molar-refractivity contribution in [2.45, 2.75) is 44.4 Å². The molecule has 3 aliphatic carbocycles. The van der Waals surface area contributed by atoms with Crippen LogP contribution in [-0.2, 0) is 0 Å². The van der Waals surface area contributed by atoms with E-state index in [4.69, 9.17) is 11.6 Å². The molecular weight excluding hydrogens is 327 g/mol. The van der Waals surface area contributed by atoms with E-state index in [0.717, 1.165) is 48.2 Å². The van der Waals surface area contributed by atoms with Gasteiger partial charge in [0.15, 0.2) is 5.78 Å². The van der Waals surface area contributed by atoms with Gasteiger partial charge in [0.05, 0.1) is 0 Å². The van der Waals surface area contributed by atoms with Crippen LogP contribution in [0.2, 0.25) is 5.02 Å². The quantitative estimate of drug-likeness (QED) is 0.739. The van der Waals surface area contributed by atoms with Crippen molar-refractivity contribution in [3.63, 3.8) is 0 Å². The third kappa shape index (κ3) is 2.59. The Morgan fingerprint density at radius 3 is 2.46 bits per heavy atom. The molecule has 124 valence electrons. The highest BCUT2D eigenvalue weighted by Gasteiger charge is 2.37. The van der Waals surface area contributed by atoms with Crippen molar-refractivity contribution in [2.24, 2.45) is 0 Å². The number of nitrogens with one attached hydrogen (secondary N) is 1. The summed E-state index contributed by atoms with van der Waals surface area (Å²) < 4.78 is 13.6. The molecule has 1 heterocycles. The highest BCUT2D eigenvalue weighted by Crippen LogP contribution is 2.52. The fourth-order valence-corrected chi connectivity index (χ4v) is 4.43. The molecule has 0 atom stereocenters. The number of Topliss-reactive ketones (excluding diaryl/α,β-unsaturated/α-hetero) is 1. The smallest absolute Gasteiger partial charge is 0.161 e. The lowest BCUT2D eigenvalue weighted by molar-refractivity contribution is 0.101. The standard InChI is InChI=1S/C19H18ClFN2O/c1-10(24)16-9-22-19(23-15-7-13(20)6-14(21)8-15)18-12-4-2-11(3-5-12)17(16)18/h6-9,11-12H,2-5H2,1H3,(H,22,23). The Morgan fingerprint density at radius 1 is 1.17 bits per heavy atom.